The lowest BCUT2D eigenvalue weighted by Gasteiger charge is -2.21. The quantitative estimate of drug-likeness (QED) is 0.588. The first-order valence-corrected chi connectivity index (χ1v) is 5.33. The number of imide groups is 1. The van der Waals surface area contributed by atoms with Gasteiger partial charge in [-0.1, -0.05) is 15.9 Å². The molecule has 0 bridgehead atoms. The summed E-state index contributed by atoms with van der Waals surface area (Å²) in [7, 11) is 0. The van der Waals surface area contributed by atoms with Gasteiger partial charge in [-0.2, -0.15) is 0 Å². The largest absolute Gasteiger partial charge is 0.480 e. The molecule has 1 aliphatic heterocycles. The molecule has 0 aliphatic carbocycles. The molecule has 0 radical (unpaired) electrons. The summed E-state index contributed by atoms with van der Waals surface area (Å²) in [5.74, 6) is -1.90. The number of carbonyl (C=O) groups excluding carboxylic acids is 2. The molecule has 0 saturated carbocycles. The highest BCUT2D eigenvalue weighted by Gasteiger charge is 2.38. The number of hydrogen-bond donors (Lipinski definition) is 1. The van der Waals surface area contributed by atoms with E-state index in [1.54, 1.807) is 0 Å². The minimum absolute atomic E-state index is 0.130. The van der Waals surface area contributed by atoms with Crippen molar-refractivity contribution in [2.45, 2.75) is 25.3 Å². The van der Waals surface area contributed by atoms with E-state index in [1.807, 2.05) is 0 Å². The predicted octanol–water partition coefficient (Wildman–Crippen LogP) is 0.374. The molecule has 1 atom stereocenters. The molecule has 2 amide bonds. The van der Waals surface area contributed by atoms with Crippen LogP contribution in [0.2, 0.25) is 0 Å². The van der Waals surface area contributed by atoms with Gasteiger partial charge in [-0.15, -0.1) is 0 Å². The van der Waals surface area contributed by atoms with Crippen LogP contribution in [0.3, 0.4) is 0 Å². The van der Waals surface area contributed by atoms with Crippen LogP contribution < -0.4 is 0 Å². The summed E-state index contributed by atoms with van der Waals surface area (Å²) in [5, 5.41) is 9.28. The second-order valence-electron chi connectivity index (χ2n) is 2.99. The van der Waals surface area contributed by atoms with Crippen molar-refractivity contribution in [1.82, 2.24) is 4.90 Å². The van der Waals surface area contributed by atoms with Crippen LogP contribution >= 0.6 is 15.9 Å². The van der Waals surface area contributed by atoms with Gasteiger partial charge in [-0.25, -0.2) is 4.79 Å². The average molecular weight is 264 g/mol. The van der Waals surface area contributed by atoms with Crippen molar-refractivity contribution in [1.29, 1.82) is 0 Å². The molecule has 1 saturated heterocycles. The minimum atomic E-state index is -1.13. The number of likely N-dealkylation sites (tertiary alicyclic amines) is 1. The van der Waals surface area contributed by atoms with Gasteiger partial charge >= 0.3 is 5.97 Å². The maximum atomic E-state index is 11.2. The van der Waals surface area contributed by atoms with Crippen LogP contribution in [0.15, 0.2) is 0 Å². The zero-order valence-corrected chi connectivity index (χ0v) is 8.99. The molecule has 1 rings (SSSR count). The molecule has 14 heavy (non-hydrogen) atoms. The van der Waals surface area contributed by atoms with Crippen molar-refractivity contribution in [3.05, 3.63) is 0 Å². The molecule has 1 heterocycles. The third-order valence-electron chi connectivity index (χ3n) is 2.07. The summed E-state index contributed by atoms with van der Waals surface area (Å²) >= 11 is 3.09. The van der Waals surface area contributed by atoms with Gasteiger partial charge in [0.1, 0.15) is 6.04 Å². The van der Waals surface area contributed by atoms with Gasteiger partial charge in [0.2, 0.25) is 11.8 Å². The van der Waals surface area contributed by atoms with E-state index >= 15 is 0 Å². The van der Waals surface area contributed by atoms with Crippen LogP contribution in [0.25, 0.3) is 0 Å². The highest BCUT2D eigenvalue weighted by Crippen LogP contribution is 2.18. The number of aliphatic carboxylic acids is 1. The zero-order valence-electron chi connectivity index (χ0n) is 7.40. The molecule has 0 aromatic rings. The van der Waals surface area contributed by atoms with E-state index in [1.165, 1.54) is 0 Å². The Morgan fingerprint density at radius 3 is 2.29 bits per heavy atom. The van der Waals surface area contributed by atoms with Crippen LogP contribution in [0.4, 0.5) is 0 Å². The lowest BCUT2D eigenvalue weighted by Crippen LogP contribution is -2.44. The van der Waals surface area contributed by atoms with Gasteiger partial charge < -0.3 is 5.11 Å². The molecule has 0 aromatic carbocycles. The number of halogens is 1. The summed E-state index contributed by atoms with van der Waals surface area (Å²) < 4.78 is 0. The smallest absolute Gasteiger partial charge is 0.326 e. The number of hydrogen-bond acceptors (Lipinski definition) is 3. The second-order valence-corrected chi connectivity index (χ2v) is 3.78. The molecule has 78 valence electrons. The summed E-state index contributed by atoms with van der Waals surface area (Å²) in [6.07, 6.45) is 0.503. The Kier molecular flexibility index (Phi) is 3.62. The Morgan fingerprint density at radius 1 is 1.43 bits per heavy atom. The Morgan fingerprint density at radius 2 is 1.93 bits per heavy atom. The highest BCUT2D eigenvalue weighted by atomic mass is 79.9. The molecule has 6 heteroatoms. The first kappa shape index (κ1) is 11.2. The fourth-order valence-electron chi connectivity index (χ4n) is 1.41. The number of nitrogens with zero attached hydrogens (tertiary/aromatic N) is 1. The lowest BCUT2D eigenvalue weighted by molar-refractivity contribution is -0.154. The van der Waals surface area contributed by atoms with Crippen molar-refractivity contribution in [2.24, 2.45) is 0 Å². The van der Waals surface area contributed by atoms with Gasteiger partial charge in [0.15, 0.2) is 0 Å². The molecule has 1 unspecified atom stereocenters. The molecule has 1 aliphatic rings. The topological polar surface area (TPSA) is 74.7 Å². The van der Waals surface area contributed by atoms with Crippen LogP contribution in [-0.2, 0) is 14.4 Å². The number of alkyl halides is 1. The fraction of sp³-hybridized carbons (Fsp3) is 0.625. The van der Waals surface area contributed by atoms with E-state index in [0.717, 1.165) is 4.90 Å². The maximum absolute atomic E-state index is 11.2. The number of carboxylic acid groups (broad SMARTS) is 1. The number of carboxylic acids is 1. The second kappa shape index (κ2) is 4.54. The Balaban J connectivity index is 2.81. The van der Waals surface area contributed by atoms with E-state index in [-0.39, 0.29) is 31.1 Å². The minimum Gasteiger partial charge on any atom is -0.480 e. The third kappa shape index (κ3) is 2.12. The van der Waals surface area contributed by atoms with Crippen molar-refractivity contribution in [3.8, 4) is 0 Å². The molecule has 5 nitrogen and oxygen atoms in total. The molecule has 1 fully saturated rings. The SMILES string of the molecule is O=C(O)C(CCBr)N1C(=O)CCC1=O. The summed E-state index contributed by atoms with van der Waals surface area (Å²) in [4.78, 5) is 34.1. The monoisotopic (exact) mass is 263 g/mol. The van der Waals surface area contributed by atoms with Crippen LogP contribution in [-0.4, -0.2) is 39.2 Å². The van der Waals surface area contributed by atoms with Crippen molar-refractivity contribution < 1.29 is 19.5 Å². The van der Waals surface area contributed by atoms with Gasteiger partial charge in [0.05, 0.1) is 0 Å². The van der Waals surface area contributed by atoms with Gasteiger partial charge in [-0.05, 0) is 6.42 Å². The van der Waals surface area contributed by atoms with Crippen molar-refractivity contribution in [2.75, 3.05) is 5.33 Å². The summed E-state index contributed by atoms with van der Waals surface area (Å²) in [5.41, 5.74) is 0. The van der Waals surface area contributed by atoms with Gasteiger partial charge in [0, 0.05) is 18.2 Å². The first-order chi connectivity index (χ1) is 6.57. The Bertz CT molecular complexity index is 263. The molecular formula is C8H10BrNO4. The van der Waals surface area contributed by atoms with E-state index in [9.17, 15) is 14.4 Å². The number of rotatable bonds is 4. The maximum Gasteiger partial charge on any atom is 0.326 e. The zero-order chi connectivity index (χ0) is 10.7. The van der Waals surface area contributed by atoms with Crippen LogP contribution in [0, 0.1) is 0 Å². The summed E-state index contributed by atoms with van der Waals surface area (Å²) in [6, 6.07) is -1.02. The van der Waals surface area contributed by atoms with Gasteiger partial charge in [0.25, 0.3) is 0 Å². The van der Waals surface area contributed by atoms with E-state index < -0.39 is 12.0 Å². The van der Waals surface area contributed by atoms with E-state index in [2.05, 4.69) is 15.9 Å². The van der Waals surface area contributed by atoms with Crippen LogP contribution in [0.1, 0.15) is 19.3 Å². The molecular weight excluding hydrogens is 254 g/mol. The number of amides is 2. The van der Waals surface area contributed by atoms with Crippen molar-refractivity contribution >= 4 is 33.7 Å². The average Bonchev–Trinajstić information content (AvgIpc) is 2.43. The molecule has 0 aromatic heterocycles. The lowest BCUT2D eigenvalue weighted by atomic mass is 10.2. The molecule has 1 N–H and O–H groups in total. The third-order valence-corrected chi connectivity index (χ3v) is 2.53. The normalized spacial score (nSPS) is 18.8. The van der Waals surface area contributed by atoms with Gasteiger partial charge in [-0.3, -0.25) is 14.5 Å². The fourth-order valence-corrected chi connectivity index (χ4v) is 1.84. The van der Waals surface area contributed by atoms with E-state index in [0.29, 0.717) is 5.33 Å². The first-order valence-electron chi connectivity index (χ1n) is 4.21. The van der Waals surface area contributed by atoms with E-state index in [4.69, 9.17) is 5.11 Å². The summed E-state index contributed by atoms with van der Waals surface area (Å²) in [6.45, 7) is 0. The Hall–Kier alpha value is -0.910. The van der Waals surface area contributed by atoms with Crippen LogP contribution in [0.5, 0.6) is 0 Å². The standard InChI is InChI=1S/C8H10BrNO4/c9-4-3-5(8(13)14)10-6(11)1-2-7(10)12/h5H,1-4H2,(H,13,14). The van der Waals surface area contributed by atoms with Crippen molar-refractivity contribution in [3.63, 3.8) is 0 Å². The predicted molar refractivity (Wildman–Crippen MR) is 50.9 cm³/mol. The number of carbonyl (C=O) groups is 3. The Labute approximate surface area is 89.2 Å². The molecule has 0 spiro atoms. The highest BCUT2D eigenvalue weighted by molar-refractivity contribution is 9.09.